The molecule has 0 radical (unpaired) electrons. The summed E-state index contributed by atoms with van der Waals surface area (Å²) in [7, 11) is 0. The third-order valence-electron chi connectivity index (χ3n) is 2.82. The van der Waals surface area contributed by atoms with Crippen molar-refractivity contribution in [2.24, 2.45) is 0 Å². The molecule has 0 bridgehead atoms. The Morgan fingerprint density at radius 3 is 2.88 bits per heavy atom. The Morgan fingerprint density at radius 2 is 2.18 bits per heavy atom. The minimum Gasteiger partial charge on any atom is -0.381 e. The van der Waals surface area contributed by atoms with Crippen LogP contribution in [0.15, 0.2) is 18.2 Å². The highest BCUT2D eigenvalue weighted by atomic mass is 32.2. The maximum Gasteiger partial charge on any atom is 0.127 e. The number of rotatable bonds is 3. The van der Waals surface area contributed by atoms with Crippen LogP contribution in [0.25, 0.3) is 0 Å². The van der Waals surface area contributed by atoms with Gasteiger partial charge in [0, 0.05) is 24.2 Å². The van der Waals surface area contributed by atoms with Crippen LogP contribution >= 0.6 is 11.8 Å². The lowest BCUT2D eigenvalue weighted by molar-refractivity contribution is 0.1000. The van der Waals surface area contributed by atoms with Crippen molar-refractivity contribution >= 4 is 11.8 Å². The molecule has 1 fully saturated rings. The topological polar surface area (TPSA) is 33.0 Å². The number of nitrogens with zero attached hydrogens (tertiary/aromatic N) is 1. The summed E-state index contributed by atoms with van der Waals surface area (Å²) in [6.07, 6.45) is 2.06. The maximum atomic E-state index is 13.5. The zero-order valence-electron chi connectivity index (χ0n) is 9.49. The molecule has 17 heavy (non-hydrogen) atoms. The lowest BCUT2D eigenvalue weighted by Crippen LogP contribution is -2.17. The standard InChI is InChI=1S/C13H14FNOS/c14-13-2-1-10(8-15)7-11(13)9-17-12-3-5-16-6-4-12/h1-2,7,12H,3-6,9H2. The van der Waals surface area contributed by atoms with E-state index in [0.717, 1.165) is 26.1 Å². The summed E-state index contributed by atoms with van der Waals surface area (Å²) in [5, 5.41) is 9.32. The van der Waals surface area contributed by atoms with Crippen LogP contribution in [0, 0.1) is 17.1 Å². The summed E-state index contributed by atoms with van der Waals surface area (Å²) in [6, 6.07) is 6.56. The van der Waals surface area contributed by atoms with Gasteiger partial charge in [-0.3, -0.25) is 0 Å². The second-order valence-electron chi connectivity index (χ2n) is 4.04. The second kappa shape index (κ2) is 6.04. The van der Waals surface area contributed by atoms with Gasteiger partial charge in [-0.05, 0) is 36.6 Å². The van der Waals surface area contributed by atoms with Crippen LogP contribution < -0.4 is 0 Å². The Kier molecular flexibility index (Phi) is 4.41. The molecule has 1 aliphatic rings. The van der Waals surface area contributed by atoms with Crippen molar-refractivity contribution in [3.63, 3.8) is 0 Å². The van der Waals surface area contributed by atoms with Gasteiger partial charge in [0.05, 0.1) is 11.6 Å². The summed E-state index contributed by atoms with van der Waals surface area (Å²) in [4.78, 5) is 0. The molecule has 0 aliphatic carbocycles. The quantitative estimate of drug-likeness (QED) is 0.827. The van der Waals surface area contributed by atoms with Crippen LogP contribution in [0.2, 0.25) is 0 Å². The molecule has 0 saturated carbocycles. The van der Waals surface area contributed by atoms with E-state index in [1.54, 1.807) is 17.8 Å². The fourth-order valence-corrected chi connectivity index (χ4v) is 2.97. The molecule has 1 aromatic carbocycles. The third-order valence-corrected chi connectivity index (χ3v) is 4.24. The van der Waals surface area contributed by atoms with Gasteiger partial charge >= 0.3 is 0 Å². The van der Waals surface area contributed by atoms with Gasteiger partial charge in [0.15, 0.2) is 0 Å². The van der Waals surface area contributed by atoms with Crippen molar-refractivity contribution in [2.45, 2.75) is 23.8 Å². The minimum atomic E-state index is -0.219. The lowest BCUT2D eigenvalue weighted by atomic mass is 10.1. The van der Waals surface area contributed by atoms with Crippen LogP contribution in [-0.4, -0.2) is 18.5 Å². The summed E-state index contributed by atoms with van der Waals surface area (Å²) in [6.45, 7) is 1.61. The molecule has 0 amide bonds. The fourth-order valence-electron chi connectivity index (χ4n) is 1.81. The van der Waals surface area contributed by atoms with Crippen LogP contribution in [0.1, 0.15) is 24.0 Å². The van der Waals surface area contributed by atoms with Gasteiger partial charge in [-0.1, -0.05) is 0 Å². The van der Waals surface area contributed by atoms with Crippen molar-refractivity contribution < 1.29 is 9.13 Å². The molecule has 90 valence electrons. The van der Waals surface area contributed by atoms with Crippen LogP contribution in [-0.2, 0) is 10.5 Å². The van der Waals surface area contributed by atoms with E-state index in [0.29, 0.717) is 22.1 Å². The first-order valence-corrected chi connectivity index (χ1v) is 6.72. The molecule has 0 unspecified atom stereocenters. The Morgan fingerprint density at radius 1 is 1.41 bits per heavy atom. The number of hydrogen-bond donors (Lipinski definition) is 0. The van der Waals surface area contributed by atoms with Crippen molar-refractivity contribution in [1.29, 1.82) is 5.26 Å². The van der Waals surface area contributed by atoms with Crippen molar-refractivity contribution in [2.75, 3.05) is 13.2 Å². The molecule has 2 rings (SSSR count). The zero-order valence-corrected chi connectivity index (χ0v) is 10.3. The number of nitriles is 1. The molecular weight excluding hydrogens is 237 g/mol. The summed E-state index contributed by atoms with van der Waals surface area (Å²) in [5.41, 5.74) is 1.15. The first kappa shape index (κ1) is 12.4. The van der Waals surface area contributed by atoms with Crippen LogP contribution in [0.4, 0.5) is 4.39 Å². The average molecular weight is 251 g/mol. The second-order valence-corrected chi connectivity index (χ2v) is 5.33. The number of hydrogen-bond acceptors (Lipinski definition) is 3. The molecule has 1 saturated heterocycles. The van der Waals surface area contributed by atoms with E-state index in [9.17, 15) is 4.39 Å². The Bertz CT molecular complexity index is 424. The van der Waals surface area contributed by atoms with E-state index >= 15 is 0 Å². The van der Waals surface area contributed by atoms with Crippen molar-refractivity contribution in [3.8, 4) is 6.07 Å². The molecule has 0 aromatic heterocycles. The minimum absolute atomic E-state index is 0.219. The number of ether oxygens (including phenoxy) is 1. The highest BCUT2D eigenvalue weighted by molar-refractivity contribution is 7.99. The number of thioether (sulfide) groups is 1. The van der Waals surface area contributed by atoms with Gasteiger partial charge in [0.2, 0.25) is 0 Å². The van der Waals surface area contributed by atoms with Crippen LogP contribution in [0.3, 0.4) is 0 Å². The van der Waals surface area contributed by atoms with Crippen molar-refractivity contribution in [1.82, 2.24) is 0 Å². The van der Waals surface area contributed by atoms with Gasteiger partial charge in [-0.2, -0.15) is 17.0 Å². The average Bonchev–Trinajstić information content (AvgIpc) is 2.39. The predicted octanol–water partition coefficient (Wildman–Crippen LogP) is 3.11. The maximum absolute atomic E-state index is 13.5. The van der Waals surface area contributed by atoms with Crippen molar-refractivity contribution in [3.05, 3.63) is 35.1 Å². The molecule has 1 aromatic rings. The van der Waals surface area contributed by atoms with E-state index in [1.165, 1.54) is 12.1 Å². The molecular formula is C13H14FNOS. The van der Waals surface area contributed by atoms with Crippen LogP contribution in [0.5, 0.6) is 0 Å². The van der Waals surface area contributed by atoms with E-state index in [1.807, 2.05) is 6.07 Å². The smallest absolute Gasteiger partial charge is 0.127 e. The Hall–Kier alpha value is -1.05. The van der Waals surface area contributed by atoms with Gasteiger partial charge < -0.3 is 4.74 Å². The number of benzene rings is 1. The summed E-state index contributed by atoms with van der Waals surface area (Å²) < 4.78 is 18.8. The molecule has 1 aliphatic heterocycles. The normalized spacial score (nSPS) is 16.7. The molecule has 1 heterocycles. The molecule has 0 spiro atoms. The SMILES string of the molecule is N#Cc1ccc(F)c(CSC2CCOCC2)c1. The van der Waals surface area contributed by atoms with Gasteiger partial charge in [-0.25, -0.2) is 4.39 Å². The highest BCUT2D eigenvalue weighted by Crippen LogP contribution is 2.26. The van der Waals surface area contributed by atoms with E-state index in [4.69, 9.17) is 10.00 Å². The molecule has 2 nitrogen and oxygen atoms in total. The Labute approximate surface area is 105 Å². The van der Waals surface area contributed by atoms with E-state index < -0.39 is 0 Å². The monoisotopic (exact) mass is 251 g/mol. The summed E-state index contributed by atoms with van der Waals surface area (Å²) >= 11 is 1.75. The predicted molar refractivity (Wildman–Crippen MR) is 66.3 cm³/mol. The first-order chi connectivity index (χ1) is 8.29. The highest BCUT2D eigenvalue weighted by Gasteiger charge is 2.15. The van der Waals surface area contributed by atoms with Gasteiger partial charge in [-0.15, -0.1) is 0 Å². The molecule has 0 atom stereocenters. The number of halogens is 1. The van der Waals surface area contributed by atoms with E-state index in [-0.39, 0.29) is 5.82 Å². The summed E-state index contributed by atoms with van der Waals surface area (Å²) in [5.74, 6) is 0.412. The molecule has 4 heteroatoms. The largest absolute Gasteiger partial charge is 0.381 e. The van der Waals surface area contributed by atoms with E-state index in [2.05, 4.69) is 0 Å². The third kappa shape index (κ3) is 3.45. The fraction of sp³-hybridized carbons (Fsp3) is 0.462. The van der Waals surface area contributed by atoms with Gasteiger partial charge in [0.25, 0.3) is 0 Å². The lowest BCUT2D eigenvalue weighted by Gasteiger charge is -2.21. The molecule has 0 N–H and O–H groups in total. The first-order valence-electron chi connectivity index (χ1n) is 5.67. The zero-order chi connectivity index (χ0) is 12.1. The van der Waals surface area contributed by atoms with Gasteiger partial charge in [0.1, 0.15) is 5.82 Å². The Balaban J connectivity index is 1.95.